The van der Waals surface area contributed by atoms with E-state index in [-0.39, 0.29) is 18.7 Å². The van der Waals surface area contributed by atoms with Crippen LogP contribution in [0.5, 0.6) is 0 Å². The SMILES string of the molecule is Cc1ccc(C)c(N2CCN(C(=O)CCCC(=O)[O-])CC2)c1. The third kappa shape index (κ3) is 4.23. The summed E-state index contributed by atoms with van der Waals surface area (Å²) in [6.45, 7) is 7.20. The zero-order chi connectivity index (χ0) is 16.1. The van der Waals surface area contributed by atoms with Crippen LogP contribution in [0.1, 0.15) is 30.4 Å². The Morgan fingerprint density at radius 2 is 1.77 bits per heavy atom. The number of carboxylic acid groups (broad SMARTS) is 1. The van der Waals surface area contributed by atoms with Crippen molar-refractivity contribution in [2.75, 3.05) is 31.1 Å². The third-order valence-corrected chi connectivity index (χ3v) is 4.11. The largest absolute Gasteiger partial charge is 0.550 e. The van der Waals surface area contributed by atoms with Gasteiger partial charge in [-0.1, -0.05) is 12.1 Å². The molecular weight excluding hydrogens is 280 g/mol. The molecule has 0 atom stereocenters. The Hall–Kier alpha value is -2.04. The van der Waals surface area contributed by atoms with Crippen LogP contribution in [0.3, 0.4) is 0 Å². The van der Waals surface area contributed by atoms with Crippen molar-refractivity contribution in [3.63, 3.8) is 0 Å². The van der Waals surface area contributed by atoms with E-state index >= 15 is 0 Å². The average Bonchev–Trinajstić information content (AvgIpc) is 2.49. The molecule has 0 aromatic heterocycles. The number of carbonyl (C=O) groups is 2. The van der Waals surface area contributed by atoms with Gasteiger partial charge in [-0.05, 0) is 43.9 Å². The number of anilines is 1. The van der Waals surface area contributed by atoms with Crippen molar-refractivity contribution in [1.29, 1.82) is 0 Å². The molecule has 1 aromatic rings. The quantitative estimate of drug-likeness (QED) is 0.810. The predicted octanol–water partition coefficient (Wildman–Crippen LogP) is 0.872. The van der Waals surface area contributed by atoms with Gasteiger partial charge in [0.05, 0.1) is 0 Å². The summed E-state index contributed by atoms with van der Waals surface area (Å²) in [7, 11) is 0. The Labute approximate surface area is 131 Å². The van der Waals surface area contributed by atoms with Gasteiger partial charge in [0, 0.05) is 44.3 Å². The summed E-state index contributed by atoms with van der Waals surface area (Å²) >= 11 is 0. The molecule has 1 aliphatic rings. The van der Waals surface area contributed by atoms with Crippen LogP contribution in [0, 0.1) is 13.8 Å². The summed E-state index contributed by atoms with van der Waals surface area (Å²) in [5, 5.41) is 10.4. The van der Waals surface area contributed by atoms with E-state index in [9.17, 15) is 14.7 Å². The highest BCUT2D eigenvalue weighted by Crippen LogP contribution is 2.23. The van der Waals surface area contributed by atoms with Crippen LogP contribution in [-0.4, -0.2) is 43.0 Å². The molecule has 1 heterocycles. The molecule has 5 nitrogen and oxygen atoms in total. The number of rotatable bonds is 5. The Morgan fingerprint density at radius 3 is 2.41 bits per heavy atom. The molecule has 1 aliphatic heterocycles. The first-order valence-corrected chi connectivity index (χ1v) is 7.77. The van der Waals surface area contributed by atoms with Crippen molar-refractivity contribution in [2.24, 2.45) is 0 Å². The van der Waals surface area contributed by atoms with E-state index in [0.29, 0.717) is 19.5 Å². The molecule has 5 heteroatoms. The molecule has 0 unspecified atom stereocenters. The summed E-state index contributed by atoms with van der Waals surface area (Å²) in [5.41, 5.74) is 3.73. The Balaban J connectivity index is 1.86. The van der Waals surface area contributed by atoms with Crippen molar-refractivity contribution < 1.29 is 14.7 Å². The van der Waals surface area contributed by atoms with Gasteiger partial charge in [-0.15, -0.1) is 0 Å². The van der Waals surface area contributed by atoms with Gasteiger partial charge in [0.15, 0.2) is 0 Å². The summed E-state index contributed by atoms with van der Waals surface area (Å²) in [6.07, 6.45) is 0.601. The minimum absolute atomic E-state index is 0.0434. The van der Waals surface area contributed by atoms with Crippen LogP contribution in [-0.2, 0) is 9.59 Å². The van der Waals surface area contributed by atoms with Gasteiger partial charge in [0.2, 0.25) is 5.91 Å². The fourth-order valence-electron chi connectivity index (χ4n) is 2.80. The van der Waals surface area contributed by atoms with Gasteiger partial charge in [0.25, 0.3) is 0 Å². The fraction of sp³-hybridized carbons (Fsp3) is 0.529. The number of benzene rings is 1. The average molecular weight is 303 g/mol. The maximum absolute atomic E-state index is 12.0. The second-order valence-electron chi connectivity index (χ2n) is 5.88. The van der Waals surface area contributed by atoms with E-state index < -0.39 is 5.97 Å². The molecule has 1 aromatic carbocycles. The zero-order valence-corrected chi connectivity index (χ0v) is 13.3. The molecule has 0 spiro atoms. The lowest BCUT2D eigenvalue weighted by molar-refractivity contribution is -0.305. The van der Waals surface area contributed by atoms with E-state index in [0.717, 1.165) is 13.1 Å². The van der Waals surface area contributed by atoms with E-state index in [1.54, 1.807) is 0 Å². The number of aryl methyl sites for hydroxylation is 2. The Morgan fingerprint density at radius 1 is 1.09 bits per heavy atom. The van der Waals surface area contributed by atoms with Gasteiger partial charge in [-0.25, -0.2) is 0 Å². The molecular formula is C17H23N2O3-. The van der Waals surface area contributed by atoms with Crippen LogP contribution in [0.2, 0.25) is 0 Å². The number of aliphatic carboxylic acids is 1. The summed E-state index contributed by atoms with van der Waals surface area (Å²) in [4.78, 5) is 26.6. The first-order chi connectivity index (χ1) is 10.5. The Bertz CT molecular complexity index is 549. The topological polar surface area (TPSA) is 63.7 Å². The van der Waals surface area contributed by atoms with Gasteiger partial charge >= 0.3 is 0 Å². The van der Waals surface area contributed by atoms with E-state index in [4.69, 9.17) is 0 Å². The predicted molar refractivity (Wildman–Crippen MR) is 83.6 cm³/mol. The lowest BCUT2D eigenvalue weighted by Gasteiger charge is -2.37. The number of carboxylic acids is 1. The number of piperazine rings is 1. The maximum Gasteiger partial charge on any atom is 0.222 e. The van der Waals surface area contributed by atoms with Gasteiger partial charge in [-0.2, -0.15) is 0 Å². The first-order valence-electron chi connectivity index (χ1n) is 7.77. The van der Waals surface area contributed by atoms with Crippen LogP contribution in [0.25, 0.3) is 0 Å². The van der Waals surface area contributed by atoms with Crippen LogP contribution < -0.4 is 10.0 Å². The number of hydrogen-bond acceptors (Lipinski definition) is 4. The van der Waals surface area contributed by atoms with E-state index in [1.165, 1.54) is 16.8 Å². The van der Waals surface area contributed by atoms with Crippen LogP contribution in [0.4, 0.5) is 5.69 Å². The normalized spacial score (nSPS) is 15.0. The van der Waals surface area contributed by atoms with Gasteiger partial charge < -0.3 is 19.7 Å². The summed E-state index contributed by atoms with van der Waals surface area (Å²) in [6, 6.07) is 6.42. The smallest absolute Gasteiger partial charge is 0.222 e. The van der Waals surface area contributed by atoms with Crippen LogP contribution in [0.15, 0.2) is 18.2 Å². The van der Waals surface area contributed by atoms with E-state index in [2.05, 4.69) is 36.9 Å². The maximum atomic E-state index is 12.0. The van der Waals surface area contributed by atoms with Crippen LogP contribution >= 0.6 is 0 Å². The summed E-state index contributed by atoms with van der Waals surface area (Å²) < 4.78 is 0. The highest BCUT2D eigenvalue weighted by Gasteiger charge is 2.21. The molecule has 2 rings (SSSR count). The molecule has 0 N–H and O–H groups in total. The second-order valence-corrected chi connectivity index (χ2v) is 5.88. The van der Waals surface area contributed by atoms with Crippen molar-refractivity contribution >= 4 is 17.6 Å². The molecule has 1 fully saturated rings. The molecule has 0 aliphatic carbocycles. The molecule has 22 heavy (non-hydrogen) atoms. The molecule has 1 amide bonds. The molecule has 120 valence electrons. The fourth-order valence-corrected chi connectivity index (χ4v) is 2.80. The second kappa shape index (κ2) is 7.29. The lowest BCUT2D eigenvalue weighted by atomic mass is 10.1. The third-order valence-electron chi connectivity index (χ3n) is 4.11. The molecule has 0 radical (unpaired) electrons. The minimum Gasteiger partial charge on any atom is -0.550 e. The number of nitrogens with zero attached hydrogens (tertiary/aromatic N) is 2. The van der Waals surface area contributed by atoms with Crippen molar-refractivity contribution in [1.82, 2.24) is 4.90 Å². The highest BCUT2D eigenvalue weighted by molar-refractivity contribution is 5.77. The van der Waals surface area contributed by atoms with E-state index in [1.807, 2.05) is 4.90 Å². The molecule has 0 saturated carbocycles. The lowest BCUT2D eigenvalue weighted by Crippen LogP contribution is -2.49. The van der Waals surface area contributed by atoms with Gasteiger partial charge in [-0.3, -0.25) is 4.79 Å². The van der Waals surface area contributed by atoms with Gasteiger partial charge in [0.1, 0.15) is 0 Å². The zero-order valence-electron chi connectivity index (χ0n) is 13.3. The molecule has 1 saturated heterocycles. The monoisotopic (exact) mass is 303 g/mol. The van der Waals surface area contributed by atoms with Crippen molar-refractivity contribution in [3.8, 4) is 0 Å². The highest BCUT2D eigenvalue weighted by atomic mass is 16.4. The standard InChI is InChI=1S/C17H24N2O3/c1-13-6-7-14(2)15(12-13)18-8-10-19(11-9-18)16(20)4-3-5-17(21)22/h6-7,12H,3-5,8-11H2,1-2H3,(H,21,22)/p-1. The van der Waals surface area contributed by atoms with Crippen molar-refractivity contribution in [2.45, 2.75) is 33.1 Å². The van der Waals surface area contributed by atoms with Crippen molar-refractivity contribution in [3.05, 3.63) is 29.3 Å². The first kappa shape index (κ1) is 16.3. The number of carbonyl (C=O) groups excluding carboxylic acids is 2. The molecule has 0 bridgehead atoms. The summed E-state index contributed by atoms with van der Waals surface area (Å²) in [5.74, 6) is -1.05. The number of hydrogen-bond donors (Lipinski definition) is 0. The number of amides is 1. The Kier molecular flexibility index (Phi) is 5.41. The minimum atomic E-state index is -1.09.